The molecule has 36 heavy (non-hydrogen) atoms. The van der Waals surface area contributed by atoms with Crippen molar-refractivity contribution in [1.29, 1.82) is 0 Å². The van der Waals surface area contributed by atoms with Gasteiger partial charge < -0.3 is 9.47 Å². The number of fused-ring (bicyclic) bond motifs is 1. The van der Waals surface area contributed by atoms with Crippen molar-refractivity contribution in [1.82, 2.24) is 4.90 Å². The average molecular weight is 501 g/mol. The maximum absolute atomic E-state index is 13.0. The second-order valence-electron chi connectivity index (χ2n) is 8.28. The molecule has 1 aliphatic heterocycles. The number of aliphatic imine (C=N–C) groups is 1. The van der Waals surface area contributed by atoms with Crippen LogP contribution in [0.1, 0.15) is 37.5 Å². The minimum atomic E-state index is -0.0192. The van der Waals surface area contributed by atoms with Gasteiger partial charge in [-0.1, -0.05) is 48.5 Å². The number of amides is 1. The summed E-state index contributed by atoms with van der Waals surface area (Å²) in [6.07, 6.45) is 4.39. The molecule has 0 aromatic heterocycles. The monoisotopic (exact) mass is 500 g/mol. The van der Waals surface area contributed by atoms with E-state index in [4.69, 9.17) is 9.47 Å². The molecule has 6 heteroatoms. The lowest BCUT2D eigenvalue weighted by atomic mass is 10.0. The summed E-state index contributed by atoms with van der Waals surface area (Å²) in [6.45, 7) is 12.0. The summed E-state index contributed by atoms with van der Waals surface area (Å²) in [5, 5.41) is 3.11. The van der Waals surface area contributed by atoms with E-state index < -0.39 is 0 Å². The van der Waals surface area contributed by atoms with Crippen LogP contribution in [0.4, 0.5) is 0 Å². The number of benzene rings is 3. The van der Waals surface area contributed by atoms with E-state index in [-0.39, 0.29) is 5.91 Å². The zero-order chi connectivity index (χ0) is 25.5. The third kappa shape index (κ3) is 5.49. The summed E-state index contributed by atoms with van der Waals surface area (Å²) < 4.78 is 12.4. The Morgan fingerprint density at radius 1 is 1.03 bits per heavy atom. The summed E-state index contributed by atoms with van der Waals surface area (Å²) in [5.74, 6) is 1.35. The topological polar surface area (TPSA) is 51.1 Å². The molecule has 4 rings (SSSR count). The highest BCUT2D eigenvalue weighted by Crippen LogP contribution is 2.38. The molecule has 0 saturated carbocycles. The quantitative estimate of drug-likeness (QED) is 0.225. The molecular weight excluding hydrogens is 468 g/mol. The molecule has 0 spiro atoms. The maximum Gasteiger partial charge on any atom is 0.266 e. The van der Waals surface area contributed by atoms with Crippen molar-refractivity contribution >= 4 is 39.7 Å². The van der Waals surface area contributed by atoms with Crippen LogP contribution in [-0.4, -0.2) is 35.7 Å². The van der Waals surface area contributed by atoms with Crippen molar-refractivity contribution in [3.05, 3.63) is 88.8 Å². The van der Waals surface area contributed by atoms with Crippen molar-refractivity contribution in [2.45, 2.75) is 33.8 Å². The van der Waals surface area contributed by atoms with Crippen molar-refractivity contribution in [2.24, 2.45) is 4.99 Å². The summed E-state index contributed by atoms with van der Waals surface area (Å²) in [6, 6.07) is 18.5. The van der Waals surface area contributed by atoms with Gasteiger partial charge in [0.15, 0.2) is 16.7 Å². The van der Waals surface area contributed by atoms with Crippen LogP contribution >= 0.6 is 11.8 Å². The van der Waals surface area contributed by atoms with E-state index >= 15 is 0 Å². The summed E-state index contributed by atoms with van der Waals surface area (Å²) in [7, 11) is 0. The fourth-order valence-corrected chi connectivity index (χ4v) is 5.37. The second-order valence-corrected chi connectivity index (χ2v) is 9.29. The Kier molecular flexibility index (Phi) is 8.49. The van der Waals surface area contributed by atoms with E-state index in [9.17, 15) is 4.79 Å². The molecule has 0 radical (unpaired) electrons. The highest BCUT2D eigenvalue weighted by Gasteiger charge is 2.32. The normalized spacial score (nSPS) is 15.8. The van der Waals surface area contributed by atoms with Crippen molar-refractivity contribution < 1.29 is 14.3 Å². The predicted molar refractivity (Wildman–Crippen MR) is 151 cm³/mol. The summed E-state index contributed by atoms with van der Waals surface area (Å²) in [4.78, 5) is 19.8. The largest absolute Gasteiger partial charge is 0.490 e. The van der Waals surface area contributed by atoms with Crippen LogP contribution in [0.25, 0.3) is 16.8 Å². The minimum Gasteiger partial charge on any atom is -0.490 e. The Labute approximate surface area is 217 Å². The second kappa shape index (κ2) is 12.0. The molecule has 1 amide bonds. The van der Waals surface area contributed by atoms with Gasteiger partial charge in [0, 0.05) is 18.7 Å². The first kappa shape index (κ1) is 25.6. The first-order chi connectivity index (χ1) is 17.6. The standard InChI is InChI=1S/C30H32N2O3S/c1-5-12-23-17-21(19-27-29(33)32(7-3)30(36-27)31-6-2)18-26(34-8-4)28(23)35-20-24-15-11-14-22-13-9-10-16-25(22)24/h5,9-11,13-19H,1,6-8,12,20H2,2-4H3/b27-19+,31-30?. The van der Waals surface area contributed by atoms with Crippen LogP contribution in [0.5, 0.6) is 11.5 Å². The van der Waals surface area contributed by atoms with Crippen LogP contribution < -0.4 is 9.47 Å². The summed E-state index contributed by atoms with van der Waals surface area (Å²) in [5.41, 5.74) is 2.97. The molecule has 0 bridgehead atoms. The lowest BCUT2D eigenvalue weighted by Crippen LogP contribution is -2.28. The van der Waals surface area contributed by atoms with Gasteiger partial charge in [-0.3, -0.25) is 14.7 Å². The number of hydrogen-bond donors (Lipinski definition) is 0. The summed E-state index contributed by atoms with van der Waals surface area (Å²) >= 11 is 1.42. The van der Waals surface area contributed by atoms with E-state index in [1.807, 2.05) is 51.1 Å². The van der Waals surface area contributed by atoms with Crippen LogP contribution in [0.2, 0.25) is 0 Å². The van der Waals surface area contributed by atoms with Gasteiger partial charge in [0.1, 0.15) is 6.61 Å². The van der Waals surface area contributed by atoms with Gasteiger partial charge in [-0.25, -0.2) is 0 Å². The number of rotatable bonds is 10. The molecule has 5 nitrogen and oxygen atoms in total. The lowest BCUT2D eigenvalue weighted by molar-refractivity contribution is -0.122. The van der Waals surface area contributed by atoms with Crippen LogP contribution in [-0.2, 0) is 17.8 Å². The third-order valence-electron chi connectivity index (χ3n) is 5.87. The number of likely N-dealkylation sites (N-methyl/N-ethyl adjacent to an activating group) is 1. The molecule has 1 aliphatic rings. The van der Waals surface area contributed by atoms with Crippen molar-refractivity contribution in [3.63, 3.8) is 0 Å². The van der Waals surface area contributed by atoms with Gasteiger partial charge in [-0.15, -0.1) is 6.58 Å². The highest BCUT2D eigenvalue weighted by molar-refractivity contribution is 8.18. The zero-order valence-corrected chi connectivity index (χ0v) is 21.9. The van der Waals surface area contributed by atoms with Gasteiger partial charge in [-0.05, 0) is 79.1 Å². The number of carbonyl (C=O) groups is 1. The van der Waals surface area contributed by atoms with E-state index in [0.29, 0.717) is 49.1 Å². The molecule has 186 valence electrons. The fourth-order valence-electron chi connectivity index (χ4n) is 4.26. The molecule has 3 aromatic carbocycles. The van der Waals surface area contributed by atoms with Gasteiger partial charge in [0.2, 0.25) is 0 Å². The minimum absolute atomic E-state index is 0.0192. The number of hydrogen-bond acceptors (Lipinski definition) is 5. The number of nitrogens with zero attached hydrogens (tertiary/aromatic N) is 2. The van der Waals surface area contributed by atoms with Crippen LogP contribution in [0, 0.1) is 0 Å². The number of amidine groups is 1. The van der Waals surface area contributed by atoms with Crippen molar-refractivity contribution in [3.8, 4) is 11.5 Å². The van der Waals surface area contributed by atoms with E-state index in [2.05, 4.69) is 48.0 Å². The van der Waals surface area contributed by atoms with Gasteiger partial charge in [0.05, 0.1) is 11.5 Å². The molecule has 0 aliphatic carbocycles. The van der Waals surface area contributed by atoms with Gasteiger partial charge >= 0.3 is 0 Å². The first-order valence-corrected chi connectivity index (χ1v) is 13.2. The molecule has 1 fully saturated rings. The fraction of sp³-hybridized carbons (Fsp3) is 0.267. The molecule has 0 atom stereocenters. The number of ether oxygens (including phenoxy) is 2. The smallest absolute Gasteiger partial charge is 0.266 e. The number of thioether (sulfide) groups is 1. The van der Waals surface area contributed by atoms with E-state index in [1.165, 1.54) is 22.5 Å². The van der Waals surface area contributed by atoms with E-state index in [1.54, 1.807) is 4.90 Å². The molecule has 0 unspecified atom stereocenters. The SMILES string of the molecule is C=CCc1cc(/C=C2/SC(=NCC)N(CC)C2=O)cc(OCC)c1OCc1cccc2ccccc12. The third-order valence-corrected chi connectivity index (χ3v) is 6.91. The van der Waals surface area contributed by atoms with E-state index in [0.717, 1.165) is 21.9 Å². The van der Waals surface area contributed by atoms with Crippen LogP contribution in [0.3, 0.4) is 0 Å². The molecule has 1 saturated heterocycles. The number of allylic oxidation sites excluding steroid dienone is 1. The van der Waals surface area contributed by atoms with Crippen molar-refractivity contribution in [2.75, 3.05) is 19.7 Å². The average Bonchev–Trinajstić information content (AvgIpc) is 3.17. The maximum atomic E-state index is 13.0. The van der Waals surface area contributed by atoms with Gasteiger partial charge in [-0.2, -0.15) is 0 Å². The Hall–Kier alpha value is -3.51. The predicted octanol–water partition coefficient (Wildman–Crippen LogP) is 6.86. The molecule has 3 aromatic rings. The van der Waals surface area contributed by atoms with Crippen LogP contribution in [0.15, 0.2) is 77.1 Å². The zero-order valence-electron chi connectivity index (χ0n) is 21.1. The highest BCUT2D eigenvalue weighted by atomic mass is 32.2. The Morgan fingerprint density at radius 2 is 1.83 bits per heavy atom. The number of carbonyl (C=O) groups excluding carboxylic acids is 1. The first-order valence-electron chi connectivity index (χ1n) is 12.3. The molecular formula is C30H32N2O3S. The molecule has 0 N–H and O–H groups in total. The Morgan fingerprint density at radius 3 is 2.58 bits per heavy atom. The lowest BCUT2D eigenvalue weighted by Gasteiger charge is -2.17. The van der Waals surface area contributed by atoms with Gasteiger partial charge in [0.25, 0.3) is 5.91 Å². The Balaban J connectivity index is 1.69. The Bertz CT molecular complexity index is 1320. The molecule has 1 heterocycles.